The summed E-state index contributed by atoms with van der Waals surface area (Å²) >= 11 is 0. The van der Waals surface area contributed by atoms with Gasteiger partial charge < -0.3 is 4.90 Å². The quantitative estimate of drug-likeness (QED) is 0.0720. The second kappa shape index (κ2) is 22.1. The Morgan fingerprint density at radius 2 is 0.923 bits per heavy atom. The summed E-state index contributed by atoms with van der Waals surface area (Å²) in [5.41, 5.74) is 14.6. The molecule has 0 aliphatic heterocycles. The number of anilines is 3. The first-order chi connectivity index (χ1) is 25.7. The molecule has 1 nitrogen and oxygen atoms in total. The predicted octanol–water partition coefficient (Wildman–Crippen LogP) is 15.6. The Kier molecular flexibility index (Phi) is 16.6. The number of hydrogen-bond donors (Lipinski definition) is 0. The van der Waals surface area contributed by atoms with Gasteiger partial charge in [-0.25, -0.2) is 0 Å². The fourth-order valence-electron chi connectivity index (χ4n) is 7.94. The molecule has 1 heteroatoms. The fourth-order valence-corrected chi connectivity index (χ4v) is 7.94. The van der Waals surface area contributed by atoms with Crippen molar-refractivity contribution in [2.45, 2.75) is 136 Å². The molecule has 0 unspecified atom stereocenters. The van der Waals surface area contributed by atoms with Gasteiger partial charge >= 0.3 is 0 Å². The van der Waals surface area contributed by atoms with Gasteiger partial charge in [0.2, 0.25) is 0 Å². The van der Waals surface area contributed by atoms with Gasteiger partial charge in [-0.05, 0) is 114 Å². The van der Waals surface area contributed by atoms with E-state index in [1.807, 2.05) is 0 Å². The van der Waals surface area contributed by atoms with Crippen LogP contribution in [-0.4, -0.2) is 0 Å². The molecule has 0 spiro atoms. The normalized spacial score (nSPS) is 11.4. The molecular weight excluding hydrogens is 627 g/mol. The molecule has 5 aromatic carbocycles. The average molecular weight is 692 g/mol. The molecule has 0 bridgehead atoms. The van der Waals surface area contributed by atoms with Gasteiger partial charge in [-0.3, -0.25) is 0 Å². The molecule has 1 aliphatic carbocycles. The van der Waals surface area contributed by atoms with Crippen molar-refractivity contribution in [2.75, 3.05) is 4.90 Å². The summed E-state index contributed by atoms with van der Waals surface area (Å²) in [6.45, 7) is 6.85. The summed E-state index contributed by atoms with van der Waals surface area (Å²) in [6.07, 6.45) is 23.9. The first-order valence-electron chi connectivity index (χ1n) is 20.9. The van der Waals surface area contributed by atoms with E-state index in [0.717, 1.165) is 12.8 Å². The van der Waals surface area contributed by atoms with Gasteiger partial charge in [0.05, 0.1) is 0 Å². The van der Waals surface area contributed by atoms with Crippen molar-refractivity contribution in [1.29, 1.82) is 0 Å². The fraction of sp³-hybridized carbons (Fsp3) is 0.412. The zero-order valence-electron chi connectivity index (χ0n) is 32.7. The van der Waals surface area contributed by atoms with Crippen molar-refractivity contribution in [2.24, 2.45) is 0 Å². The minimum Gasteiger partial charge on any atom is -0.310 e. The average Bonchev–Trinajstić information content (AvgIpc) is 3.58. The van der Waals surface area contributed by atoms with E-state index in [2.05, 4.69) is 147 Å². The third kappa shape index (κ3) is 11.2. The molecule has 1 aliphatic rings. The third-order valence-corrected chi connectivity index (χ3v) is 10.8. The highest BCUT2D eigenvalue weighted by atomic mass is 15.1. The second-order valence-corrected chi connectivity index (χ2v) is 14.8. The molecule has 52 heavy (non-hydrogen) atoms. The van der Waals surface area contributed by atoms with Gasteiger partial charge in [0.15, 0.2) is 0 Å². The molecule has 0 aromatic heterocycles. The maximum absolute atomic E-state index is 2.47. The molecule has 0 fully saturated rings. The summed E-state index contributed by atoms with van der Waals surface area (Å²) in [4.78, 5) is 2.35. The van der Waals surface area contributed by atoms with Crippen LogP contribution in [0.2, 0.25) is 0 Å². The Balaban J connectivity index is 0.000000206. The summed E-state index contributed by atoms with van der Waals surface area (Å²) < 4.78 is 0. The molecule has 0 atom stereocenters. The van der Waals surface area contributed by atoms with Crippen molar-refractivity contribution in [3.05, 3.63) is 149 Å². The maximum Gasteiger partial charge on any atom is 0.0493 e. The van der Waals surface area contributed by atoms with Gasteiger partial charge in [-0.15, -0.1) is 0 Å². The predicted molar refractivity (Wildman–Crippen MR) is 229 cm³/mol. The molecule has 0 N–H and O–H groups in total. The number of aryl methyl sites for hydroxylation is 2. The second-order valence-electron chi connectivity index (χ2n) is 14.8. The molecule has 274 valence electrons. The van der Waals surface area contributed by atoms with Crippen molar-refractivity contribution >= 4 is 17.1 Å². The molecule has 5 aromatic rings. The molecule has 0 amide bonds. The topological polar surface area (TPSA) is 3.24 Å². The number of nitrogens with zero attached hydrogens (tertiary/aromatic N) is 1. The number of para-hydroxylation sites is 3. The number of fused-ring (bicyclic) bond motifs is 3. The summed E-state index contributed by atoms with van der Waals surface area (Å²) in [7, 11) is 0. The number of unbranched alkanes of at least 4 members (excludes halogenated alkanes) is 11. The highest BCUT2D eigenvalue weighted by Crippen LogP contribution is 2.40. The SMILES string of the molecule is CCCCCCCCc1ccc2c(c1CCCCCCCC)Cc1ccccc1-2.CCCCc1ccccc1N(c1ccccc1)c1ccccc1. The van der Waals surface area contributed by atoms with Gasteiger partial charge in [0.25, 0.3) is 0 Å². The number of benzene rings is 5. The molecule has 0 saturated heterocycles. The van der Waals surface area contributed by atoms with E-state index in [-0.39, 0.29) is 0 Å². The van der Waals surface area contributed by atoms with Gasteiger partial charge in [-0.2, -0.15) is 0 Å². The lowest BCUT2D eigenvalue weighted by molar-refractivity contribution is 0.598. The van der Waals surface area contributed by atoms with Gasteiger partial charge in [-0.1, -0.05) is 182 Å². The molecule has 0 heterocycles. The van der Waals surface area contributed by atoms with Crippen LogP contribution < -0.4 is 4.90 Å². The van der Waals surface area contributed by atoms with Crippen molar-refractivity contribution in [1.82, 2.24) is 0 Å². The summed E-state index contributed by atoms with van der Waals surface area (Å²) in [5, 5.41) is 0. The Morgan fingerprint density at radius 3 is 1.58 bits per heavy atom. The Morgan fingerprint density at radius 1 is 0.404 bits per heavy atom. The molecular formula is C51H65N. The number of hydrogen-bond acceptors (Lipinski definition) is 1. The molecule has 0 saturated carbocycles. The standard InChI is InChI=1S/C29H42.C22H23N/c1-3-5-7-9-11-13-17-24-21-22-28-27-20-16-15-18-25(27)23-29(28)26(24)19-14-12-10-8-6-4-2;1-2-3-12-19-13-10-11-18-22(19)23(20-14-6-4-7-15-20)21-16-8-5-9-17-21/h15-16,18,20-22H,3-14,17,19,23H2,1-2H3;4-11,13-18H,2-3,12H2,1H3. The molecule has 6 rings (SSSR count). The Bertz CT molecular complexity index is 1680. The maximum atomic E-state index is 2.47. The number of rotatable bonds is 20. The minimum absolute atomic E-state index is 1.11. The van der Waals surface area contributed by atoms with Crippen LogP contribution in [0, 0.1) is 0 Å². The van der Waals surface area contributed by atoms with E-state index < -0.39 is 0 Å². The first-order valence-corrected chi connectivity index (χ1v) is 20.9. The van der Waals surface area contributed by atoms with Crippen LogP contribution in [0.4, 0.5) is 17.1 Å². The van der Waals surface area contributed by atoms with Crippen molar-refractivity contribution in [3.8, 4) is 11.1 Å². The van der Waals surface area contributed by atoms with E-state index >= 15 is 0 Å². The van der Waals surface area contributed by atoms with Crippen LogP contribution in [0.3, 0.4) is 0 Å². The Hall–Kier alpha value is -4.10. The highest BCUT2D eigenvalue weighted by molar-refractivity contribution is 5.79. The van der Waals surface area contributed by atoms with Crippen molar-refractivity contribution < 1.29 is 0 Å². The van der Waals surface area contributed by atoms with Gasteiger partial charge in [0, 0.05) is 17.1 Å². The van der Waals surface area contributed by atoms with E-state index in [1.54, 1.807) is 16.7 Å². The van der Waals surface area contributed by atoms with Crippen molar-refractivity contribution in [3.63, 3.8) is 0 Å². The zero-order valence-corrected chi connectivity index (χ0v) is 32.7. The highest BCUT2D eigenvalue weighted by Gasteiger charge is 2.22. The van der Waals surface area contributed by atoms with Crippen LogP contribution >= 0.6 is 0 Å². The largest absolute Gasteiger partial charge is 0.310 e. The monoisotopic (exact) mass is 692 g/mol. The summed E-state index contributed by atoms with van der Waals surface area (Å²) in [6, 6.07) is 43.9. The van der Waals surface area contributed by atoms with Crippen LogP contribution in [0.5, 0.6) is 0 Å². The lowest BCUT2D eigenvalue weighted by Crippen LogP contribution is -2.12. The van der Waals surface area contributed by atoms with E-state index in [0.29, 0.717) is 0 Å². The van der Waals surface area contributed by atoms with Crippen LogP contribution in [0.15, 0.2) is 121 Å². The van der Waals surface area contributed by atoms with E-state index in [4.69, 9.17) is 0 Å². The lowest BCUT2D eigenvalue weighted by Gasteiger charge is -2.27. The van der Waals surface area contributed by atoms with E-state index in [1.165, 1.54) is 142 Å². The lowest BCUT2D eigenvalue weighted by atomic mass is 9.89. The molecule has 0 radical (unpaired) electrons. The first kappa shape index (κ1) is 39.1. The van der Waals surface area contributed by atoms with Crippen LogP contribution in [-0.2, 0) is 25.7 Å². The Labute approximate surface area is 317 Å². The van der Waals surface area contributed by atoms with Gasteiger partial charge in [0.1, 0.15) is 0 Å². The smallest absolute Gasteiger partial charge is 0.0493 e. The summed E-state index contributed by atoms with van der Waals surface area (Å²) in [5.74, 6) is 0. The van der Waals surface area contributed by atoms with E-state index in [9.17, 15) is 0 Å². The van der Waals surface area contributed by atoms with Crippen LogP contribution in [0.1, 0.15) is 138 Å². The zero-order chi connectivity index (χ0) is 36.2. The van der Waals surface area contributed by atoms with Crippen LogP contribution in [0.25, 0.3) is 11.1 Å². The third-order valence-electron chi connectivity index (χ3n) is 10.8. The minimum atomic E-state index is 1.11.